The van der Waals surface area contributed by atoms with Crippen LogP contribution in [0.4, 0.5) is 0 Å². The largest absolute Gasteiger partial charge is 0.495 e. The Morgan fingerprint density at radius 1 is 1.44 bits per heavy atom. The summed E-state index contributed by atoms with van der Waals surface area (Å²) in [4.78, 5) is 0. The van der Waals surface area contributed by atoms with E-state index in [1.165, 1.54) is 17.5 Å². The van der Waals surface area contributed by atoms with Crippen molar-refractivity contribution in [3.05, 3.63) is 28.3 Å². The van der Waals surface area contributed by atoms with Crippen LogP contribution >= 0.6 is 11.6 Å². The maximum atomic E-state index is 6.36. The number of halogens is 1. The molecule has 1 aliphatic rings. The monoisotopic (exact) mass is 239 g/mol. The normalized spacial score (nSPS) is 18.0. The molecule has 0 amide bonds. The van der Waals surface area contributed by atoms with Crippen molar-refractivity contribution in [1.82, 2.24) is 0 Å². The van der Waals surface area contributed by atoms with Crippen LogP contribution in [0, 0.1) is 0 Å². The molecule has 0 bridgehead atoms. The van der Waals surface area contributed by atoms with Crippen LogP contribution in [0.15, 0.2) is 12.1 Å². The lowest BCUT2D eigenvalue weighted by atomic mass is 9.71. The molecule has 0 atom stereocenters. The Morgan fingerprint density at radius 2 is 2.12 bits per heavy atom. The number of hydrogen-bond acceptors (Lipinski definition) is 2. The lowest BCUT2D eigenvalue weighted by Gasteiger charge is -2.40. The van der Waals surface area contributed by atoms with Gasteiger partial charge >= 0.3 is 0 Å². The summed E-state index contributed by atoms with van der Waals surface area (Å²) in [5.41, 5.74) is 8.66. The second-order valence-electron chi connectivity index (χ2n) is 4.51. The topological polar surface area (TPSA) is 35.2 Å². The molecule has 0 aliphatic heterocycles. The molecule has 0 saturated heterocycles. The van der Waals surface area contributed by atoms with Gasteiger partial charge < -0.3 is 10.5 Å². The number of methoxy groups -OCH3 is 1. The molecule has 1 aromatic rings. The first-order valence-electron chi connectivity index (χ1n) is 5.76. The molecule has 1 aromatic carbocycles. The zero-order chi connectivity index (χ0) is 11.8. The fourth-order valence-electron chi connectivity index (χ4n) is 2.33. The molecule has 0 spiro atoms. The minimum atomic E-state index is -0.152. The van der Waals surface area contributed by atoms with Gasteiger partial charge in [-0.05, 0) is 48.9 Å². The number of nitrogens with two attached hydrogens (primary N) is 1. The zero-order valence-electron chi connectivity index (χ0n) is 9.85. The molecule has 0 aromatic heterocycles. The molecule has 1 aliphatic carbocycles. The summed E-state index contributed by atoms with van der Waals surface area (Å²) in [5, 5.41) is 0.659. The predicted molar refractivity (Wildman–Crippen MR) is 67.1 cm³/mol. The minimum Gasteiger partial charge on any atom is -0.495 e. The Labute approximate surface area is 102 Å². The maximum Gasteiger partial charge on any atom is 0.137 e. The summed E-state index contributed by atoms with van der Waals surface area (Å²) in [6.45, 7) is 2.13. The van der Waals surface area contributed by atoms with Gasteiger partial charge in [-0.1, -0.05) is 18.5 Å². The van der Waals surface area contributed by atoms with Gasteiger partial charge in [0.05, 0.1) is 12.1 Å². The standard InChI is InChI=1S/C13H18ClNO/c1-3-9-7-12(16-2)11(14)8-10(9)13(15)5-4-6-13/h7-8H,3-6,15H2,1-2H3. The van der Waals surface area contributed by atoms with Crippen LogP contribution in [0.3, 0.4) is 0 Å². The van der Waals surface area contributed by atoms with Gasteiger partial charge in [-0.25, -0.2) is 0 Å². The van der Waals surface area contributed by atoms with Gasteiger partial charge in [-0.15, -0.1) is 0 Å². The number of rotatable bonds is 3. The average molecular weight is 240 g/mol. The number of benzene rings is 1. The van der Waals surface area contributed by atoms with E-state index in [0.29, 0.717) is 5.02 Å². The summed E-state index contributed by atoms with van der Waals surface area (Å²) in [6.07, 6.45) is 4.29. The first-order chi connectivity index (χ1) is 7.60. The Kier molecular flexibility index (Phi) is 3.13. The Morgan fingerprint density at radius 3 is 2.56 bits per heavy atom. The van der Waals surface area contributed by atoms with E-state index in [1.54, 1.807) is 7.11 Å². The van der Waals surface area contributed by atoms with Crippen LogP contribution in [-0.2, 0) is 12.0 Å². The molecule has 3 heteroatoms. The van der Waals surface area contributed by atoms with Crippen molar-refractivity contribution in [2.45, 2.75) is 38.1 Å². The molecule has 0 radical (unpaired) electrons. The molecular formula is C13H18ClNO. The van der Waals surface area contributed by atoms with Crippen LogP contribution in [0.25, 0.3) is 0 Å². The third-order valence-corrected chi connectivity index (χ3v) is 3.84. The number of ether oxygens (including phenoxy) is 1. The van der Waals surface area contributed by atoms with E-state index in [-0.39, 0.29) is 5.54 Å². The van der Waals surface area contributed by atoms with Crippen molar-refractivity contribution in [2.24, 2.45) is 5.73 Å². The van der Waals surface area contributed by atoms with E-state index >= 15 is 0 Å². The fourth-order valence-corrected chi connectivity index (χ4v) is 2.58. The molecule has 2 rings (SSSR count). The van der Waals surface area contributed by atoms with Gasteiger partial charge in [0.25, 0.3) is 0 Å². The number of hydrogen-bond donors (Lipinski definition) is 1. The van der Waals surface area contributed by atoms with E-state index < -0.39 is 0 Å². The van der Waals surface area contributed by atoms with E-state index in [2.05, 4.69) is 6.92 Å². The van der Waals surface area contributed by atoms with Crippen molar-refractivity contribution in [1.29, 1.82) is 0 Å². The van der Waals surface area contributed by atoms with E-state index in [0.717, 1.165) is 25.0 Å². The average Bonchev–Trinajstić information content (AvgIpc) is 2.25. The second-order valence-corrected chi connectivity index (χ2v) is 4.91. The molecule has 2 N–H and O–H groups in total. The lowest BCUT2D eigenvalue weighted by molar-refractivity contribution is 0.251. The fraction of sp³-hybridized carbons (Fsp3) is 0.538. The highest BCUT2D eigenvalue weighted by Crippen LogP contribution is 2.43. The van der Waals surface area contributed by atoms with E-state index in [4.69, 9.17) is 22.1 Å². The van der Waals surface area contributed by atoms with Crippen molar-refractivity contribution in [2.75, 3.05) is 7.11 Å². The summed E-state index contributed by atoms with van der Waals surface area (Å²) < 4.78 is 5.23. The maximum absolute atomic E-state index is 6.36. The van der Waals surface area contributed by atoms with Crippen molar-refractivity contribution < 1.29 is 4.74 Å². The van der Waals surface area contributed by atoms with Gasteiger partial charge in [0.1, 0.15) is 5.75 Å². The SMILES string of the molecule is CCc1cc(OC)c(Cl)cc1C1(N)CCC1. The third-order valence-electron chi connectivity index (χ3n) is 3.54. The van der Waals surface area contributed by atoms with E-state index in [1.807, 2.05) is 12.1 Å². The quantitative estimate of drug-likeness (QED) is 0.879. The van der Waals surface area contributed by atoms with Crippen molar-refractivity contribution in [3.63, 3.8) is 0 Å². The van der Waals surface area contributed by atoms with Gasteiger partial charge in [0, 0.05) is 5.54 Å². The molecule has 16 heavy (non-hydrogen) atoms. The molecule has 0 heterocycles. The molecule has 88 valence electrons. The smallest absolute Gasteiger partial charge is 0.137 e. The molecular weight excluding hydrogens is 222 g/mol. The van der Waals surface area contributed by atoms with Crippen LogP contribution < -0.4 is 10.5 Å². The first kappa shape index (κ1) is 11.7. The Bertz CT molecular complexity index is 399. The lowest BCUT2D eigenvalue weighted by Crippen LogP contribution is -2.44. The number of aryl methyl sites for hydroxylation is 1. The first-order valence-corrected chi connectivity index (χ1v) is 6.14. The van der Waals surface area contributed by atoms with Gasteiger partial charge in [-0.2, -0.15) is 0 Å². The van der Waals surface area contributed by atoms with Crippen LogP contribution in [0.2, 0.25) is 5.02 Å². The van der Waals surface area contributed by atoms with Gasteiger partial charge in [0.15, 0.2) is 0 Å². The van der Waals surface area contributed by atoms with Crippen LogP contribution in [-0.4, -0.2) is 7.11 Å². The zero-order valence-corrected chi connectivity index (χ0v) is 10.6. The van der Waals surface area contributed by atoms with Crippen molar-refractivity contribution >= 4 is 11.6 Å². The molecule has 1 fully saturated rings. The van der Waals surface area contributed by atoms with E-state index in [9.17, 15) is 0 Å². The van der Waals surface area contributed by atoms with Crippen LogP contribution in [0.5, 0.6) is 5.75 Å². The summed E-state index contributed by atoms with van der Waals surface area (Å²) in [7, 11) is 1.64. The third kappa shape index (κ3) is 1.80. The molecule has 0 unspecified atom stereocenters. The van der Waals surface area contributed by atoms with Crippen molar-refractivity contribution in [3.8, 4) is 5.75 Å². The molecule has 1 saturated carbocycles. The summed E-state index contributed by atoms with van der Waals surface area (Å²) >= 11 is 6.17. The Balaban J connectivity index is 2.48. The Hall–Kier alpha value is -0.730. The molecule has 2 nitrogen and oxygen atoms in total. The second kappa shape index (κ2) is 4.27. The van der Waals surface area contributed by atoms with Gasteiger partial charge in [0.2, 0.25) is 0 Å². The van der Waals surface area contributed by atoms with Gasteiger partial charge in [-0.3, -0.25) is 0 Å². The minimum absolute atomic E-state index is 0.152. The highest BCUT2D eigenvalue weighted by Gasteiger charge is 2.36. The van der Waals surface area contributed by atoms with Crippen LogP contribution in [0.1, 0.15) is 37.3 Å². The highest BCUT2D eigenvalue weighted by molar-refractivity contribution is 6.32. The highest BCUT2D eigenvalue weighted by atomic mass is 35.5. The predicted octanol–water partition coefficient (Wildman–Crippen LogP) is 3.25. The summed E-state index contributed by atoms with van der Waals surface area (Å²) in [6, 6.07) is 4.00. The summed E-state index contributed by atoms with van der Waals surface area (Å²) in [5.74, 6) is 0.741.